The van der Waals surface area contributed by atoms with Crippen LogP contribution in [0.2, 0.25) is 0 Å². The smallest absolute Gasteiger partial charge is 0.214 e. The normalized spacial score (nSPS) is 11.5. The van der Waals surface area contributed by atoms with Crippen molar-refractivity contribution in [3.63, 3.8) is 0 Å². The molecule has 0 aliphatic heterocycles. The third-order valence-electron chi connectivity index (χ3n) is 2.39. The summed E-state index contributed by atoms with van der Waals surface area (Å²) in [5.74, 6) is -0.511. The molecule has 0 unspecified atom stereocenters. The molecule has 1 heterocycles. The van der Waals surface area contributed by atoms with Gasteiger partial charge in [-0.25, -0.2) is 4.98 Å². The molecule has 0 spiro atoms. The van der Waals surface area contributed by atoms with Gasteiger partial charge in [0.2, 0.25) is 5.95 Å². The molecule has 14 heavy (non-hydrogen) atoms. The number of anilines is 1. The number of halogens is 1. The van der Waals surface area contributed by atoms with Crippen molar-refractivity contribution in [2.75, 3.05) is 18.6 Å². The SMILES string of the molecule is CN(c1ccnc(F)c1)C(C)(C)CO. The fourth-order valence-corrected chi connectivity index (χ4v) is 1.06. The molecule has 3 nitrogen and oxygen atoms in total. The van der Waals surface area contributed by atoms with E-state index in [0.717, 1.165) is 0 Å². The fraction of sp³-hybridized carbons (Fsp3) is 0.500. The van der Waals surface area contributed by atoms with Crippen LogP contribution in [0.3, 0.4) is 0 Å². The maximum Gasteiger partial charge on any atom is 0.214 e. The van der Waals surface area contributed by atoms with Crippen molar-refractivity contribution in [1.29, 1.82) is 0 Å². The third kappa shape index (κ3) is 2.20. The Morgan fingerprint density at radius 2 is 2.21 bits per heavy atom. The van der Waals surface area contributed by atoms with E-state index in [1.54, 1.807) is 6.07 Å². The predicted molar refractivity (Wildman–Crippen MR) is 53.8 cm³/mol. The predicted octanol–water partition coefficient (Wildman–Crippen LogP) is 1.43. The lowest BCUT2D eigenvalue weighted by molar-refractivity contribution is 0.216. The molecule has 4 heteroatoms. The molecule has 0 aliphatic rings. The summed E-state index contributed by atoms with van der Waals surface area (Å²) in [6, 6.07) is 3.05. The molecule has 0 bridgehead atoms. The van der Waals surface area contributed by atoms with Gasteiger partial charge < -0.3 is 10.0 Å². The molecule has 78 valence electrons. The van der Waals surface area contributed by atoms with Crippen molar-refractivity contribution in [2.24, 2.45) is 0 Å². The second-order valence-electron chi connectivity index (χ2n) is 3.87. The van der Waals surface area contributed by atoms with E-state index in [-0.39, 0.29) is 6.61 Å². The molecule has 0 radical (unpaired) electrons. The first-order chi connectivity index (χ1) is 6.47. The highest BCUT2D eigenvalue weighted by molar-refractivity contribution is 5.46. The first kappa shape index (κ1) is 10.9. The molecule has 0 amide bonds. The van der Waals surface area contributed by atoms with Crippen LogP contribution in [0.4, 0.5) is 10.1 Å². The van der Waals surface area contributed by atoms with Crippen molar-refractivity contribution in [2.45, 2.75) is 19.4 Å². The average molecular weight is 198 g/mol. The number of pyridine rings is 1. The van der Waals surface area contributed by atoms with Crippen molar-refractivity contribution in [1.82, 2.24) is 4.98 Å². The van der Waals surface area contributed by atoms with Gasteiger partial charge in [-0.05, 0) is 19.9 Å². The van der Waals surface area contributed by atoms with Gasteiger partial charge in [-0.15, -0.1) is 0 Å². The van der Waals surface area contributed by atoms with Gasteiger partial charge in [0.25, 0.3) is 0 Å². The van der Waals surface area contributed by atoms with Crippen molar-refractivity contribution < 1.29 is 9.50 Å². The van der Waals surface area contributed by atoms with E-state index < -0.39 is 11.5 Å². The largest absolute Gasteiger partial charge is 0.394 e. The lowest BCUT2D eigenvalue weighted by atomic mass is 10.0. The van der Waals surface area contributed by atoms with E-state index in [2.05, 4.69) is 4.98 Å². The second-order valence-corrected chi connectivity index (χ2v) is 3.87. The van der Waals surface area contributed by atoms with Crippen LogP contribution < -0.4 is 4.90 Å². The molecule has 1 rings (SSSR count). The van der Waals surface area contributed by atoms with E-state index in [4.69, 9.17) is 5.11 Å². The highest BCUT2D eigenvalue weighted by Gasteiger charge is 2.22. The van der Waals surface area contributed by atoms with E-state index in [1.807, 2.05) is 25.8 Å². The molecule has 0 aromatic carbocycles. The van der Waals surface area contributed by atoms with Gasteiger partial charge in [0.1, 0.15) is 0 Å². The van der Waals surface area contributed by atoms with E-state index in [0.29, 0.717) is 5.69 Å². The minimum Gasteiger partial charge on any atom is -0.394 e. The molecule has 0 saturated carbocycles. The molecular formula is C10H15FN2O. The summed E-state index contributed by atoms with van der Waals surface area (Å²) in [5.41, 5.74) is 0.296. The lowest BCUT2D eigenvalue weighted by Gasteiger charge is -2.35. The number of aromatic nitrogens is 1. The Morgan fingerprint density at radius 3 is 2.71 bits per heavy atom. The second kappa shape index (κ2) is 3.92. The first-order valence-electron chi connectivity index (χ1n) is 4.43. The molecule has 1 N–H and O–H groups in total. The topological polar surface area (TPSA) is 36.4 Å². The maximum absolute atomic E-state index is 12.8. The van der Waals surface area contributed by atoms with Gasteiger partial charge in [-0.1, -0.05) is 0 Å². The summed E-state index contributed by atoms with van der Waals surface area (Å²) >= 11 is 0. The summed E-state index contributed by atoms with van der Waals surface area (Å²) in [6.45, 7) is 3.77. The van der Waals surface area contributed by atoms with Gasteiger partial charge in [-0.2, -0.15) is 4.39 Å². The average Bonchev–Trinajstić information content (AvgIpc) is 2.16. The summed E-state index contributed by atoms with van der Waals surface area (Å²) in [4.78, 5) is 5.29. The van der Waals surface area contributed by atoms with E-state index in [9.17, 15) is 4.39 Å². The van der Waals surface area contributed by atoms with Crippen molar-refractivity contribution in [3.8, 4) is 0 Å². The lowest BCUT2D eigenvalue weighted by Crippen LogP contribution is -2.44. The minimum atomic E-state index is -0.511. The Kier molecular flexibility index (Phi) is 3.06. The Bertz CT molecular complexity index is 315. The van der Waals surface area contributed by atoms with Crippen LogP contribution in [-0.4, -0.2) is 29.3 Å². The highest BCUT2D eigenvalue weighted by atomic mass is 19.1. The number of likely N-dealkylation sites (N-methyl/N-ethyl adjacent to an activating group) is 1. The van der Waals surface area contributed by atoms with Crippen LogP contribution in [0.25, 0.3) is 0 Å². The third-order valence-corrected chi connectivity index (χ3v) is 2.39. The summed E-state index contributed by atoms with van der Waals surface area (Å²) in [5, 5.41) is 9.14. The zero-order valence-electron chi connectivity index (χ0n) is 8.66. The Balaban J connectivity index is 2.94. The van der Waals surface area contributed by atoms with Crippen LogP contribution in [0, 0.1) is 5.95 Å². The maximum atomic E-state index is 12.8. The highest BCUT2D eigenvalue weighted by Crippen LogP contribution is 2.21. The van der Waals surface area contributed by atoms with Crippen molar-refractivity contribution in [3.05, 3.63) is 24.3 Å². The first-order valence-corrected chi connectivity index (χ1v) is 4.43. The molecule has 1 aromatic rings. The molecule has 0 aliphatic carbocycles. The van der Waals surface area contributed by atoms with Gasteiger partial charge in [0, 0.05) is 25.0 Å². The number of aliphatic hydroxyl groups excluding tert-OH is 1. The number of hydrogen-bond acceptors (Lipinski definition) is 3. The molecule has 0 atom stereocenters. The Hall–Kier alpha value is -1.16. The van der Waals surface area contributed by atoms with Gasteiger partial charge >= 0.3 is 0 Å². The summed E-state index contributed by atoms with van der Waals surface area (Å²) in [7, 11) is 1.81. The quantitative estimate of drug-likeness (QED) is 0.746. The van der Waals surface area contributed by atoms with Crippen LogP contribution >= 0.6 is 0 Å². The standard InChI is InChI=1S/C10H15FN2O/c1-10(2,7-14)13(3)8-4-5-12-9(11)6-8/h4-6,14H,7H2,1-3H3. The van der Waals surface area contributed by atoms with Gasteiger partial charge in [-0.3, -0.25) is 0 Å². The van der Waals surface area contributed by atoms with Gasteiger partial charge in [0.15, 0.2) is 0 Å². The van der Waals surface area contributed by atoms with E-state index in [1.165, 1.54) is 12.3 Å². The molecule has 1 aromatic heterocycles. The Labute approximate surface area is 83.2 Å². The minimum absolute atomic E-state index is 0.00738. The fourth-order valence-electron chi connectivity index (χ4n) is 1.06. The number of aliphatic hydroxyl groups is 1. The summed E-state index contributed by atoms with van der Waals surface area (Å²) in [6.07, 6.45) is 1.41. The van der Waals surface area contributed by atoms with Crippen LogP contribution in [0.5, 0.6) is 0 Å². The molecule has 0 fully saturated rings. The Morgan fingerprint density at radius 1 is 1.57 bits per heavy atom. The molecular weight excluding hydrogens is 183 g/mol. The monoisotopic (exact) mass is 198 g/mol. The summed E-state index contributed by atoms with van der Waals surface area (Å²) < 4.78 is 12.8. The van der Waals surface area contributed by atoms with Crippen molar-refractivity contribution >= 4 is 5.69 Å². The molecule has 0 saturated heterocycles. The number of rotatable bonds is 3. The van der Waals surface area contributed by atoms with Gasteiger partial charge in [0.05, 0.1) is 12.1 Å². The van der Waals surface area contributed by atoms with Crippen LogP contribution in [-0.2, 0) is 0 Å². The zero-order valence-corrected chi connectivity index (χ0v) is 8.66. The number of nitrogens with zero attached hydrogens (tertiary/aromatic N) is 2. The van der Waals surface area contributed by atoms with Crippen LogP contribution in [0.15, 0.2) is 18.3 Å². The van der Waals surface area contributed by atoms with E-state index >= 15 is 0 Å². The number of hydrogen-bond donors (Lipinski definition) is 1. The van der Waals surface area contributed by atoms with Crippen LogP contribution in [0.1, 0.15) is 13.8 Å². The zero-order chi connectivity index (χ0) is 10.8.